The molecular weight excluding hydrogens is 224 g/mol. The second kappa shape index (κ2) is 5.07. The molecule has 6 heteroatoms. The second-order valence-electron chi connectivity index (χ2n) is 3.24. The van der Waals surface area contributed by atoms with E-state index in [1.807, 2.05) is 6.07 Å². The predicted octanol–water partition coefficient (Wildman–Crippen LogP) is 1.82. The van der Waals surface area contributed by atoms with Crippen molar-refractivity contribution in [3.63, 3.8) is 0 Å². The number of nitro groups is 1. The van der Waals surface area contributed by atoms with Crippen molar-refractivity contribution in [2.24, 2.45) is 0 Å². The van der Waals surface area contributed by atoms with Crippen LogP contribution in [0.25, 0.3) is 0 Å². The molecule has 0 aliphatic rings. The van der Waals surface area contributed by atoms with Crippen molar-refractivity contribution >= 4 is 11.7 Å². The number of rotatable bonds is 3. The van der Waals surface area contributed by atoms with Crippen molar-refractivity contribution in [2.45, 2.75) is 13.3 Å². The standard InChI is InChI=1S/C11H10N2O4/c1-3-9-8(6-12)4-7(11(14)17-2)5-10(9)13(15)16/h4-5H,3H2,1-2H3. The number of nitro benzene ring substituents is 1. The van der Waals surface area contributed by atoms with Crippen LogP contribution >= 0.6 is 0 Å². The van der Waals surface area contributed by atoms with E-state index >= 15 is 0 Å². The highest BCUT2D eigenvalue weighted by molar-refractivity contribution is 5.91. The Hall–Kier alpha value is -2.42. The SMILES string of the molecule is CCc1c(C#N)cc(C(=O)OC)cc1[N+](=O)[O-]. The number of nitriles is 1. The summed E-state index contributed by atoms with van der Waals surface area (Å²) in [4.78, 5) is 21.6. The summed E-state index contributed by atoms with van der Waals surface area (Å²) in [5, 5.41) is 19.8. The maximum Gasteiger partial charge on any atom is 0.338 e. The number of benzene rings is 1. The molecule has 6 nitrogen and oxygen atoms in total. The maximum atomic E-state index is 11.3. The van der Waals surface area contributed by atoms with Gasteiger partial charge in [0.25, 0.3) is 5.69 Å². The summed E-state index contributed by atoms with van der Waals surface area (Å²) >= 11 is 0. The molecule has 1 aromatic rings. The van der Waals surface area contributed by atoms with Crippen LogP contribution in [-0.2, 0) is 11.2 Å². The highest BCUT2D eigenvalue weighted by Crippen LogP contribution is 2.25. The molecule has 0 radical (unpaired) electrons. The largest absolute Gasteiger partial charge is 0.465 e. The Kier molecular flexibility index (Phi) is 3.78. The molecule has 0 saturated carbocycles. The van der Waals surface area contributed by atoms with Gasteiger partial charge in [-0.05, 0) is 12.5 Å². The van der Waals surface area contributed by atoms with Gasteiger partial charge < -0.3 is 4.74 Å². The van der Waals surface area contributed by atoms with E-state index in [9.17, 15) is 14.9 Å². The summed E-state index contributed by atoms with van der Waals surface area (Å²) in [5.41, 5.74) is 0.229. The fraction of sp³-hybridized carbons (Fsp3) is 0.273. The molecule has 0 aliphatic carbocycles. The number of ether oxygens (including phenoxy) is 1. The van der Waals surface area contributed by atoms with Crippen molar-refractivity contribution < 1.29 is 14.5 Å². The summed E-state index contributed by atoms with van der Waals surface area (Å²) in [7, 11) is 1.17. The first-order chi connectivity index (χ1) is 8.04. The molecule has 0 unspecified atom stereocenters. The third-order valence-corrected chi connectivity index (χ3v) is 2.32. The van der Waals surface area contributed by atoms with E-state index in [4.69, 9.17) is 5.26 Å². The van der Waals surface area contributed by atoms with Crippen LogP contribution in [0.5, 0.6) is 0 Å². The fourth-order valence-electron chi connectivity index (χ4n) is 1.53. The van der Waals surface area contributed by atoms with Crippen LogP contribution in [-0.4, -0.2) is 18.0 Å². The Morgan fingerprint density at radius 1 is 1.59 bits per heavy atom. The van der Waals surface area contributed by atoms with Gasteiger partial charge in [0.1, 0.15) is 0 Å². The first-order valence-corrected chi connectivity index (χ1v) is 4.84. The van der Waals surface area contributed by atoms with Crippen LogP contribution in [0.1, 0.15) is 28.4 Å². The molecule has 0 spiro atoms. The number of hydrogen-bond donors (Lipinski definition) is 0. The first kappa shape index (κ1) is 12.6. The highest BCUT2D eigenvalue weighted by Gasteiger charge is 2.21. The minimum atomic E-state index is -0.702. The lowest BCUT2D eigenvalue weighted by molar-refractivity contribution is -0.385. The van der Waals surface area contributed by atoms with Crippen LogP contribution in [0.2, 0.25) is 0 Å². The molecule has 0 bridgehead atoms. The summed E-state index contributed by atoms with van der Waals surface area (Å²) < 4.78 is 4.47. The minimum absolute atomic E-state index is 0.00736. The molecule has 0 aromatic heterocycles. The van der Waals surface area contributed by atoms with Crippen LogP contribution in [0.3, 0.4) is 0 Å². The van der Waals surface area contributed by atoms with Gasteiger partial charge in [0.15, 0.2) is 0 Å². The molecule has 0 N–H and O–H groups in total. The third-order valence-electron chi connectivity index (χ3n) is 2.32. The molecule has 0 atom stereocenters. The molecule has 1 rings (SSSR count). The Morgan fingerprint density at radius 3 is 2.65 bits per heavy atom. The number of carbonyl (C=O) groups excluding carboxylic acids is 1. The van der Waals surface area contributed by atoms with Gasteiger partial charge in [-0.25, -0.2) is 4.79 Å². The summed E-state index contributed by atoms with van der Waals surface area (Å²) in [6, 6.07) is 4.28. The number of carbonyl (C=O) groups is 1. The zero-order chi connectivity index (χ0) is 13.0. The molecular formula is C11H10N2O4. The Morgan fingerprint density at radius 2 is 2.24 bits per heavy atom. The first-order valence-electron chi connectivity index (χ1n) is 4.84. The number of esters is 1. The number of hydrogen-bond acceptors (Lipinski definition) is 5. The van der Waals surface area contributed by atoms with Crippen LogP contribution in [0.15, 0.2) is 12.1 Å². The topological polar surface area (TPSA) is 93.2 Å². The van der Waals surface area contributed by atoms with Gasteiger partial charge in [0.2, 0.25) is 0 Å². The average Bonchev–Trinajstić information content (AvgIpc) is 2.35. The summed E-state index contributed by atoms with van der Waals surface area (Å²) in [6.07, 6.45) is 0.348. The van der Waals surface area contributed by atoms with Crippen molar-refractivity contribution in [2.75, 3.05) is 7.11 Å². The second-order valence-corrected chi connectivity index (χ2v) is 3.24. The van der Waals surface area contributed by atoms with E-state index in [2.05, 4.69) is 4.74 Å². The van der Waals surface area contributed by atoms with Crippen molar-refractivity contribution in [1.29, 1.82) is 5.26 Å². The quantitative estimate of drug-likeness (QED) is 0.451. The van der Waals surface area contributed by atoms with Crippen molar-refractivity contribution in [3.05, 3.63) is 38.9 Å². The van der Waals surface area contributed by atoms with Gasteiger partial charge in [-0.15, -0.1) is 0 Å². The predicted molar refractivity (Wildman–Crippen MR) is 58.5 cm³/mol. The lowest BCUT2D eigenvalue weighted by Crippen LogP contribution is -2.06. The van der Waals surface area contributed by atoms with Crippen LogP contribution in [0, 0.1) is 21.4 Å². The molecule has 0 aliphatic heterocycles. The Bertz CT molecular complexity index is 517. The molecule has 0 saturated heterocycles. The number of nitrogens with zero attached hydrogens (tertiary/aromatic N) is 2. The smallest absolute Gasteiger partial charge is 0.338 e. The minimum Gasteiger partial charge on any atom is -0.465 e. The lowest BCUT2D eigenvalue weighted by Gasteiger charge is -2.05. The van der Waals surface area contributed by atoms with Crippen molar-refractivity contribution in [3.8, 4) is 6.07 Å². The summed E-state index contributed by atoms with van der Waals surface area (Å²) in [6.45, 7) is 1.71. The van der Waals surface area contributed by atoms with Crippen molar-refractivity contribution in [1.82, 2.24) is 0 Å². The Labute approximate surface area is 97.6 Å². The van der Waals surface area contributed by atoms with Crippen LogP contribution < -0.4 is 0 Å². The number of methoxy groups -OCH3 is 1. The maximum absolute atomic E-state index is 11.3. The fourth-order valence-corrected chi connectivity index (χ4v) is 1.53. The van der Waals surface area contributed by atoms with Gasteiger partial charge >= 0.3 is 5.97 Å². The highest BCUT2D eigenvalue weighted by atomic mass is 16.6. The monoisotopic (exact) mass is 234 g/mol. The molecule has 0 fully saturated rings. The van der Waals surface area contributed by atoms with E-state index < -0.39 is 10.9 Å². The van der Waals surface area contributed by atoms with Gasteiger partial charge in [-0.3, -0.25) is 10.1 Å². The van der Waals surface area contributed by atoms with Gasteiger partial charge in [0, 0.05) is 11.6 Å². The normalized spacial score (nSPS) is 9.47. The van der Waals surface area contributed by atoms with E-state index in [0.717, 1.165) is 6.07 Å². The van der Waals surface area contributed by atoms with E-state index in [-0.39, 0.29) is 16.8 Å². The molecule has 17 heavy (non-hydrogen) atoms. The van der Waals surface area contributed by atoms with E-state index in [1.54, 1.807) is 6.92 Å². The molecule has 0 amide bonds. The molecule has 88 valence electrons. The zero-order valence-electron chi connectivity index (χ0n) is 9.39. The van der Waals surface area contributed by atoms with Gasteiger partial charge in [-0.1, -0.05) is 6.92 Å². The van der Waals surface area contributed by atoms with Crippen LogP contribution in [0.4, 0.5) is 5.69 Å². The van der Waals surface area contributed by atoms with E-state index in [1.165, 1.54) is 13.2 Å². The van der Waals surface area contributed by atoms with Gasteiger partial charge in [0.05, 0.1) is 29.2 Å². The van der Waals surface area contributed by atoms with Gasteiger partial charge in [-0.2, -0.15) is 5.26 Å². The molecule has 1 aromatic carbocycles. The zero-order valence-corrected chi connectivity index (χ0v) is 9.39. The summed E-state index contributed by atoms with van der Waals surface area (Å²) in [5.74, 6) is -0.702. The third kappa shape index (κ3) is 2.39. The molecule has 0 heterocycles. The average molecular weight is 234 g/mol. The Balaban J connectivity index is 3.52. The lowest BCUT2D eigenvalue weighted by atomic mass is 10.0. The van der Waals surface area contributed by atoms with E-state index in [0.29, 0.717) is 12.0 Å².